The van der Waals surface area contributed by atoms with Gasteiger partial charge in [-0.25, -0.2) is 0 Å². The minimum atomic E-state index is -0.432. The van der Waals surface area contributed by atoms with E-state index in [1.54, 1.807) is 97.1 Å². The van der Waals surface area contributed by atoms with E-state index in [9.17, 15) is 19.2 Å². The highest BCUT2D eigenvalue weighted by atomic mass is 16.5. The first kappa shape index (κ1) is 26.6. The number of amides is 2. The van der Waals surface area contributed by atoms with Crippen molar-refractivity contribution in [1.82, 2.24) is 0 Å². The first-order valence-electron chi connectivity index (χ1n) is 11.8. The van der Waals surface area contributed by atoms with E-state index in [2.05, 4.69) is 10.6 Å². The van der Waals surface area contributed by atoms with Crippen LogP contribution >= 0.6 is 0 Å². The Morgan fingerprint density at radius 2 is 0.769 bits per heavy atom. The predicted octanol–water partition coefficient (Wildman–Crippen LogP) is 5.83. The highest BCUT2D eigenvalue weighted by molar-refractivity contribution is 6.05. The summed E-state index contributed by atoms with van der Waals surface area (Å²) in [5, 5.41) is 5.59. The van der Waals surface area contributed by atoms with Gasteiger partial charge in [-0.1, -0.05) is 0 Å². The SMILES string of the molecule is CC(=O)Oc1ccc(C(=O)Nc2ccc(Oc3ccc(NC(=O)c4ccc(OC(C)=O)cc4)cc3)cc2)cc1. The fourth-order valence-electron chi connectivity index (χ4n) is 3.44. The third kappa shape index (κ3) is 7.77. The van der Waals surface area contributed by atoms with Gasteiger partial charge in [-0.2, -0.15) is 0 Å². The summed E-state index contributed by atoms with van der Waals surface area (Å²) >= 11 is 0. The average Bonchev–Trinajstić information content (AvgIpc) is 2.91. The van der Waals surface area contributed by atoms with Gasteiger partial charge in [0.2, 0.25) is 0 Å². The first-order chi connectivity index (χ1) is 18.7. The minimum absolute atomic E-state index is 0.309. The molecule has 0 atom stereocenters. The lowest BCUT2D eigenvalue weighted by Gasteiger charge is -2.10. The molecule has 39 heavy (non-hydrogen) atoms. The van der Waals surface area contributed by atoms with Crippen molar-refractivity contribution >= 4 is 35.1 Å². The summed E-state index contributed by atoms with van der Waals surface area (Å²) in [6.45, 7) is 2.61. The minimum Gasteiger partial charge on any atom is -0.457 e. The van der Waals surface area contributed by atoms with Crippen LogP contribution in [0.5, 0.6) is 23.0 Å². The van der Waals surface area contributed by atoms with Crippen LogP contribution < -0.4 is 24.8 Å². The molecular formula is C30H24N2O7. The molecule has 9 nitrogen and oxygen atoms in total. The highest BCUT2D eigenvalue weighted by Crippen LogP contribution is 2.25. The molecule has 4 aromatic carbocycles. The molecule has 9 heteroatoms. The topological polar surface area (TPSA) is 120 Å². The number of hydrogen-bond acceptors (Lipinski definition) is 7. The number of carbonyl (C=O) groups is 4. The average molecular weight is 525 g/mol. The van der Waals surface area contributed by atoms with Crippen LogP contribution in [0.15, 0.2) is 97.1 Å². The molecule has 4 rings (SSSR count). The Morgan fingerprint density at radius 1 is 0.462 bits per heavy atom. The van der Waals surface area contributed by atoms with E-state index in [0.29, 0.717) is 45.5 Å². The molecule has 0 spiro atoms. The van der Waals surface area contributed by atoms with E-state index >= 15 is 0 Å². The number of esters is 2. The molecular weight excluding hydrogens is 500 g/mol. The molecule has 0 aliphatic carbocycles. The first-order valence-corrected chi connectivity index (χ1v) is 11.8. The summed E-state index contributed by atoms with van der Waals surface area (Å²) in [7, 11) is 0. The number of carbonyl (C=O) groups excluding carboxylic acids is 4. The molecule has 0 aliphatic heterocycles. The molecule has 0 saturated heterocycles. The maximum Gasteiger partial charge on any atom is 0.308 e. The van der Waals surface area contributed by atoms with E-state index in [0.717, 1.165) is 0 Å². The normalized spacial score (nSPS) is 10.2. The summed E-state index contributed by atoms with van der Waals surface area (Å²) in [6, 6.07) is 26.2. The molecule has 0 aromatic heterocycles. The second-order valence-corrected chi connectivity index (χ2v) is 8.30. The molecule has 0 unspecified atom stereocenters. The number of rotatable bonds is 8. The number of benzene rings is 4. The Hall–Kier alpha value is -5.44. The fourth-order valence-corrected chi connectivity index (χ4v) is 3.44. The van der Waals surface area contributed by atoms with Crippen molar-refractivity contribution < 1.29 is 33.4 Å². The van der Waals surface area contributed by atoms with Gasteiger partial charge in [0.1, 0.15) is 23.0 Å². The van der Waals surface area contributed by atoms with Gasteiger partial charge in [-0.3, -0.25) is 19.2 Å². The van der Waals surface area contributed by atoms with Crippen LogP contribution in [0.25, 0.3) is 0 Å². The molecule has 2 N–H and O–H groups in total. The smallest absolute Gasteiger partial charge is 0.308 e. The van der Waals surface area contributed by atoms with Crippen molar-refractivity contribution in [2.75, 3.05) is 10.6 Å². The number of anilines is 2. The van der Waals surface area contributed by atoms with E-state index < -0.39 is 11.9 Å². The van der Waals surface area contributed by atoms with Gasteiger partial charge in [0, 0.05) is 36.3 Å². The fraction of sp³-hybridized carbons (Fsp3) is 0.0667. The molecule has 196 valence electrons. The van der Waals surface area contributed by atoms with Crippen LogP contribution in [0, 0.1) is 0 Å². The van der Waals surface area contributed by atoms with Crippen molar-refractivity contribution in [3.63, 3.8) is 0 Å². The zero-order chi connectivity index (χ0) is 27.8. The van der Waals surface area contributed by atoms with E-state index in [1.807, 2.05) is 0 Å². The number of hydrogen-bond donors (Lipinski definition) is 2. The van der Waals surface area contributed by atoms with E-state index in [1.165, 1.54) is 13.8 Å². The third-order valence-electron chi connectivity index (χ3n) is 5.22. The van der Waals surface area contributed by atoms with Crippen LogP contribution in [0.4, 0.5) is 11.4 Å². The van der Waals surface area contributed by atoms with Crippen molar-refractivity contribution in [3.8, 4) is 23.0 Å². The number of ether oxygens (including phenoxy) is 3. The van der Waals surface area contributed by atoms with Crippen molar-refractivity contribution in [3.05, 3.63) is 108 Å². The summed E-state index contributed by atoms with van der Waals surface area (Å²) in [6.07, 6.45) is 0. The monoisotopic (exact) mass is 524 g/mol. The molecule has 0 fully saturated rings. The number of nitrogens with one attached hydrogen (secondary N) is 2. The van der Waals surface area contributed by atoms with E-state index in [4.69, 9.17) is 14.2 Å². The van der Waals surface area contributed by atoms with Crippen molar-refractivity contribution in [1.29, 1.82) is 0 Å². The molecule has 4 aromatic rings. The van der Waals surface area contributed by atoms with Gasteiger partial charge < -0.3 is 24.8 Å². The second-order valence-electron chi connectivity index (χ2n) is 8.30. The second kappa shape index (κ2) is 12.2. The van der Waals surface area contributed by atoms with Crippen LogP contribution in [-0.4, -0.2) is 23.8 Å². The molecule has 0 bridgehead atoms. The maximum absolute atomic E-state index is 12.5. The Morgan fingerprint density at radius 3 is 1.08 bits per heavy atom. The highest BCUT2D eigenvalue weighted by Gasteiger charge is 2.09. The zero-order valence-electron chi connectivity index (χ0n) is 21.1. The van der Waals surface area contributed by atoms with E-state index in [-0.39, 0.29) is 11.8 Å². The lowest BCUT2D eigenvalue weighted by atomic mass is 10.2. The van der Waals surface area contributed by atoms with Gasteiger partial charge in [0.05, 0.1) is 0 Å². The van der Waals surface area contributed by atoms with Gasteiger partial charge in [0.25, 0.3) is 11.8 Å². The van der Waals surface area contributed by atoms with Crippen molar-refractivity contribution in [2.24, 2.45) is 0 Å². The maximum atomic E-state index is 12.5. The molecule has 0 radical (unpaired) electrons. The summed E-state index contributed by atoms with van der Waals surface area (Å²) in [5.74, 6) is 0.363. The predicted molar refractivity (Wildman–Crippen MR) is 144 cm³/mol. The zero-order valence-corrected chi connectivity index (χ0v) is 21.1. The largest absolute Gasteiger partial charge is 0.457 e. The Bertz CT molecular complexity index is 1360. The van der Waals surface area contributed by atoms with Crippen LogP contribution in [-0.2, 0) is 9.59 Å². The quantitative estimate of drug-likeness (QED) is 0.220. The van der Waals surface area contributed by atoms with Crippen LogP contribution in [0.3, 0.4) is 0 Å². The molecule has 0 saturated carbocycles. The van der Waals surface area contributed by atoms with Crippen molar-refractivity contribution in [2.45, 2.75) is 13.8 Å². The third-order valence-corrected chi connectivity index (χ3v) is 5.22. The van der Waals surface area contributed by atoms with Gasteiger partial charge in [0.15, 0.2) is 0 Å². The lowest BCUT2D eigenvalue weighted by molar-refractivity contribution is -0.132. The molecule has 0 heterocycles. The summed E-state index contributed by atoms with van der Waals surface area (Å²) in [4.78, 5) is 47.0. The van der Waals surface area contributed by atoms with Crippen LogP contribution in [0.2, 0.25) is 0 Å². The lowest BCUT2D eigenvalue weighted by Crippen LogP contribution is -2.12. The van der Waals surface area contributed by atoms with Gasteiger partial charge >= 0.3 is 11.9 Å². The van der Waals surface area contributed by atoms with Crippen LogP contribution in [0.1, 0.15) is 34.6 Å². The Balaban J connectivity index is 1.29. The Labute approximate surface area is 224 Å². The summed E-state index contributed by atoms with van der Waals surface area (Å²) in [5.41, 5.74) is 1.99. The standard InChI is InChI=1S/C30H24N2O7/c1-19(33)37-25-11-3-21(4-12-25)29(35)31-23-7-15-27(16-8-23)39-28-17-9-24(10-18-28)32-30(36)22-5-13-26(14-6-22)38-20(2)34/h3-18H,1-2H3,(H,31,35)(H,32,36). The molecule has 0 aliphatic rings. The molecule has 2 amide bonds. The Kier molecular flexibility index (Phi) is 8.33. The van der Waals surface area contributed by atoms with Gasteiger partial charge in [-0.15, -0.1) is 0 Å². The summed E-state index contributed by atoms with van der Waals surface area (Å²) < 4.78 is 15.8. The van der Waals surface area contributed by atoms with Gasteiger partial charge in [-0.05, 0) is 97.1 Å².